The van der Waals surface area contributed by atoms with E-state index in [0.717, 1.165) is 23.4 Å². The molecule has 2 rings (SSSR count). The van der Waals surface area contributed by atoms with Crippen LogP contribution in [0.1, 0.15) is 23.0 Å². The third kappa shape index (κ3) is 2.12. The Labute approximate surface area is 95.1 Å². The van der Waals surface area contributed by atoms with Crippen LogP contribution in [0.3, 0.4) is 0 Å². The minimum Gasteiger partial charge on any atom is -0.338 e. The average Bonchev–Trinajstić information content (AvgIpc) is 2.65. The summed E-state index contributed by atoms with van der Waals surface area (Å²) in [7, 11) is 1.98. The second kappa shape index (κ2) is 4.45. The number of pyridine rings is 1. The topological polar surface area (TPSA) is 56.7 Å². The predicted molar refractivity (Wildman–Crippen MR) is 62.8 cm³/mol. The van der Waals surface area contributed by atoms with Crippen LogP contribution in [0.2, 0.25) is 0 Å². The Morgan fingerprint density at radius 3 is 2.88 bits per heavy atom. The lowest BCUT2D eigenvalue weighted by Gasteiger charge is -2.13. The van der Waals surface area contributed by atoms with E-state index in [2.05, 4.69) is 9.97 Å². The predicted octanol–water partition coefficient (Wildman–Crippen LogP) is 1.37. The van der Waals surface area contributed by atoms with Crippen molar-refractivity contribution in [3.63, 3.8) is 0 Å². The van der Waals surface area contributed by atoms with Gasteiger partial charge in [-0.2, -0.15) is 0 Å². The van der Waals surface area contributed by atoms with Gasteiger partial charge in [0.25, 0.3) is 0 Å². The van der Waals surface area contributed by atoms with Crippen LogP contribution in [0.4, 0.5) is 0 Å². The molecule has 0 bridgehead atoms. The van der Waals surface area contributed by atoms with E-state index in [-0.39, 0.29) is 6.04 Å². The number of aromatic nitrogens is 3. The van der Waals surface area contributed by atoms with Crippen LogP contribution < -0.4 is 5.73 Å². The zero-order chi connectivity index (χ0) is 11.5. The quantitative estimate of drug-likeness (QED) is 0.843. The maximum Gasteiger partial charge on any atom is 0.110 e. The molecular formula is C12H16N4. The summed E-state index contributed by atoms with van der Waals surface area (Å²) in [5.41, 5.74) is 8.44. The number of hydrogen-bond acceptors (Lipinski definition) is 3. The van der Waals surface area contributed by atoms with Crippen molar-refractivity contribution in [2.45, 2.75) is 19.4 Å². The maximum atomic E-state index is 6.17. The molecule has 0 aliphatic carbocycles. The van der Waals surface area contributed by atoms with E-state index in [0.29, 0.717) is 0 Å². The molecule has 0 amide bonds. The summed E-state index contributed by atoms with van der Waals surface area (Å²) in [5, 5.41) is 0. The minimum absolute atomic E-state index is 0.0240. The molecule has 2 aromatic heterocycles. The van der Waals surface area contributed by atoms with Gasteiger partial charge in [0.2, 0.25) is 0 Å². The van der Waals surface area contributed by atoms with E-state index in [1.807, 2.05) is 37.0 Å². The van der Waals surface area contributed by atoms with Gasteiger partial charge in [-0.3, -0.25) is 4.98 Å². The van der Waals surface area contributed by atoms with Crippen LogP contribution in [-0.4, -0.2) is 14.5 Å². The third-order valence-electron chi connectivity index (χ3n) is 2.79. The smallest absolute Gasteiger partial charge is 0.110 e. The molecule has 0 aromatic carbocycles. The van der Waals surface area contributed by atoms with Gasteiger partial charge < -0.3 is 10.3 Å². The van der Waals surface area contributed by atoms with E-state index in [1.54, 1.807) is 12.4 Å². The first-order chi connectivity index (χ1) is 7.68. The van der Waals surface area contributed by atoms with Crippen molar-refractivity contribution >= 4 is 0 Å². The molecule has 0 saturated heterocycles. The fraction of sp³-hybridized carbons (Fsp3) is 0.333. The van der Waals surface area contributed by atoms with Crippen molar-refractivity contribution in [1.29, 1.82) is 0 Å². The second-order valence-corrected chi connectivity index (χ2v) is 4.00. The molecule has 4 nitrogen and oxygen atoms in total. The maximum absolute atomic E-state index is 6.17. The Balaban J connectivity index is 2.18. The van der Waals surface area contributed by atoms with Crippen molar-refractivity contribution in [3.05, 3.63) is 47.8 Å². The van der Waals surface area contributed by atoms with Gasteiger partial charge in [-0.05, 0) is 24.1 Å². The lowest BCUT2D eigenvalue weighted by Crippen LogP contribution is -2.17. The van der Waals surface area contributed by atoms with Gasteiger partial charge in [0.15, 0.2) is 0 Å². The zero-order valence-electron chi connectivity index (χ0n) is 9.59. The second-order valence-electron chi connectivity index (χ2n) is 4.00. The molecule has 4 heteroatoms. The van der Waals surface area contributed by atoms with Gasteiger partial charge in [-0.1, -0.05) is 0 Å². The Kier molecular flexibility index (Phi) is 3.01. The molecule has 2 aromatic rings. The number of rotatable bonds is 3. The van der Waals surface area contributed by atoms with Gasteiger partial charge in [-0.25, -0.2) is 4.98 Å². The summed E-state index contributed by atoms with van der Waals surface area (Å²) in [6, 6.07) is 1.95. The summed E-state index contributed by atoms with van der Waals surface area (Å²) in [6.45, 7) is 2.03. The first-order valence-corrected chi connectivity index (χ1v) is 5.31. The van der Waals surface area contributed by atoms with E-state index in [4.69, 9.17) is 5.73 Å². The molecule has 2 N–H and O–H groups in total. The number of aryl methyl sites for hydroxylation is 2. The van der Waals surface area contributed by atoms with E-state index in [9.17, 15) is 0 Å². The molecule has 1 atom stereocenters. The highest BCUT2D eigenvalue weighted by Crippen LogP contribution is 2.17. The van der Waals surface area contributed by atoms with Crippen molar-refractivity contribution < 1.29 is 0 Å². The fourth-order valence-corrected chi connectivity index (χ4v) is 1.80. The standard InChI is InChI=1S/C12H16N4/c1-9-8-14-4-3-10(9)11(13)7-12-15-5-6-16(12)2/h3-6,8,11H,7,13H2,1-2H3. The highest BCUT2D eigenvalue weighted by atomic mass is 15.0. The SMILES string of the molecule is Cc1cnccc1C(N)Cc1nccn1C. The molecular weight excluding hydrogens is 200 g/mol. The third-order valence-corrected chi connectivity index (χ3v) is 2.79. The van der Waals surface area contributed by atoms with Gasteiger partial charge in [-0.15, -0.1) is 0 Å². The molecule has 2 heterocycles. The first kappa shape index (κ1) is 10.8. The van der Waals surface area contributed by atoms with Crippen LogP contribution in [0.25, 0.3) is 0 Å². The van der Waals surface area contributed by atoms with Crippen LogP contribution in [0.5, 0.6) is 0 Å². The normalized spacial score (nSPS) is 12.7. The number of imidazole rings is 1. The first-order valence-electron chi connectivity index (χ1n) is 5.31. The molecule has 0 aliphatic heterocycles. The van der Waals surface area contributed by atoms with Gasteiger partial charge in [0.1, 0.15) is 5.82 Å². The van der Waals surface area contributed by atoms with Crippen molar-refractivity contribution in [1.82, 2.24) is 14.5 Å². The largest absolute Gasteiger partial charge is 0.338 e. The van der Waals surface area contributed by atoms with Crippen molar-refractivity contribution in [2.24, 2.45) is 12.8 Å². The Hall–Kier alpha value is -1.68. The number of hydrogen-bond donors (Lipinski definition) is 1. The highest BCUT2D eigenvalue weighted by molar-refractivity contribution is 5.25. The summed E-state index contributed by atoms with van der Waals surface area (Å²) in [4.78, 5) is 8.34. The zero-order valence-corrected chi connectivity index (χ0v) is 9.59. The molecule has 84 valence electrons. The average molecular weight is 216 g/mol. The molecule has 1 unspecified atom stereocenters. The molecule has 0 spiro atoms. The molecule has 16 heavy (non-hydrogen) atoms. The van der Waals surface area contributed by atoms with Crippen molar-refractivity contribution in [3.8, 4) is 0 Å². The summed E-state index contributed by atoms with van der Waals surface area (Å²) >= 11 is 0. The van der Waals surface area contributed by atoms with Crippen molar-refractivity contribution in [2.75, 3.05) is 0 Å². The van der Waals surface area contributed by atoms with E-state index < -0.39 is 0 Å². The van der Waals surface area contributed by atoms with E-state index >= 15 is 0 Å². The summed E-state index contributed by atoms with van der Waals surface area (Å²) in [6.07, 6.45) is 8.09. The van der Waals surface area contributed by atoms with Gasteiger partial charge in [0.05, 0.1) is 0 Å². The van der Waals surface area contributed by atoms with Crippen LogP contribution in [0, 0.1) is 6.92 Å². The van der Waals surface area contributed by atoms with Crippen LogP contribution >= 0.6 is 0 Å². The minimum atomic E-state index is -0.0240. The Morgan fingerprint density at radius 1 is 1.44 bits per heavy atom. The molecule has 0 fully saturated rings. The molecule has 0 aliphatic rings. The highest BCUT2D eigenvalue weighted by Gasteiger charge is 2.11. The lowest BCUT2D eigenvalue weighted by molar-refractivity contribution is 0.655. The summed E-state index contributed by atoms with van der Waals surface area (Å²) in [5.74, 6) is 1.00. The Bertz CT molecular complexity index is 475. The number of nitrogens with two attached hydrogens (primary N) is 1. The van der Waals surface area contributed by atoms with E-state index in [1.165, 1.54) is 0 Å². The summed E-state index contributed by atoms with van der Waals surface area (Å²) < 4.78 is 2.00. The Morgan fingerprint density at radius 2 is 2.25 bits per heavy atom. The number of nitrogens with zero attached hydrogens (tertiary/aromatic N) is 3. The molecule has 0 radical (unpaired) electrons. The lowest BCUT2D eigenvalue weighted by atomic mass is 10.0. The van der Waals surface area contributed by atoms with Crippen LogP contribution in [0.15, 0.2) is 30.9 Å². The van der Waals surface area contributed by atoms with Gasteiger partial charge in [0, 0.05) is 44.3 Å². The molecule has 0 saturated carbocycles. The monoisotopic (exact) mass is 216 g/mol. The van der Waals surface area contributed by atoms with Crippen LogP contribution in [-0.2, 0) is 13.5 Å². The van der Waals surface area contributed by atoms with Gasteiger partial charge >= 0.3 is 0 Å². The fourth-order valence-electron chi connectivity index (χ4n) is 1.80.